The topological polar surface area (TPSA) is 56.8 Å². The van der Waals surface area contributed by atoms with Crippen molar-refractivity contribution in [1.82, 2.24) is 0 Å². The molecule has 1 amide bonds. The quantitative estimate of drug-likeness (QED) is 0.544. The molecule has 0 unspecified atom stereocenters. The van der Waals surface area contributed by atoms with E-state index >= 15 is 0 Å². The number of hydrogen-bond acceptors (Lipinski definition) is 4. The van der Waals surface area contributed by atoms with Gasteiger partial charge in [0.15, 0.2) is 6.10 Å². The summed E-state index contributed by atoms with van der Waals surface area (Å²) in [7, 11) is 0. The van der Waals surface area contributed by atoms with Gasteiger partial charge in [-0.05, 0) is 87.0 Å². The summed E-state index contributed by atoms with van der Waals surface area (Å²) in [5, 5.41) is 2.85. The molecule has 1 atom stereocenters. The lowest BCUT2D eigenvalue weighted by Gasteiger charge is -2.15. The summed E-state index contributed by atoms with van der Waals surface area (Å²) in [6.45, 7) is 6.28. The first-order valence-corrected chi connectivity index (χ1v) is 9.58. The first-order valence-electron chi connectivity index (χ1n) is 9.58. The Hall–Kier alpha value is -3.47. The van der Waals surface area contributed by atoms with Crippen molar-refractivity contribution in [1.29, 1.82) is 0 Å². The number of anilines is 1. The SMILES string of the molecule is CCOc1ccc(Oc2ccc(NC(=O)[C@@H](C)Oc3cccc(C)c3)cc2)cc1. The Labute approximate surface area is 171 Å². The number of carbonyl (C=O) groups is 1. The Morgan fingerprint density at radius 1 is 0.897 bits per heavy atom. The maximum absolute atomic E-state index is 12.4. The Kier molecular flexibility index (Phi) is 6.74. The third-order valence-electron chi connectivity index (χ3n) is 4.16. The number of rotatable bonds is 8. The Balaban J connectivity index is 1.54. The van der Waals surface area contributed by atoms with Crippen LogP contribution in [0, 0.1) is 6.92 Å². The van der Waals surface area contributed by atoms with E-state index in [2.05, 4.69) is 5.32 Å². The van der Waals surface area contributed by atoms with Crippen LogP contribution >= 0.6 is 0 Å². The molecule has 0 aliphatic carbocycles. The molecule has 3 aromatic rings. The lowest BCUT2D eigenvalue weighted by Crippen LogP contribution is -2.30. The first-order chi connectivity index (χ1) is 14.0. The highest BCUT2D eigenvalue weighted by Crippen LogP contribution is 2.25. The molecule has 29 heavy (non-hydrogen) atoms. The van der Waals surface area contributed by atoms with Crippen LogP contribution in [0.15, 0.2) is 72.8 Å². The van der Waals surface area contributed by atoms with E-state index in [4.69, 9.17) is 14.2 Å². The molecule has 0 aromatic heterocycles. The number of carbonyl (C=O) groups excluding carboxylic acids is 1. The monoisotopic (exact) mass is 391 g/mol. The molecular formula is C24H25NO4. The van der Waals surface area contributed by atoms with Gasteiger partial charge in [0, 0.05) is 5.69 Å². The molecule has 0 spiro atoms. The molecule has 0 aliphatic rings. The average molecular weight is 391 g/mol. The van der Waals surface area contributed by atoms with Crippen molar-refractivity contribution in [3.8, 4) is 23.0 Å². The molecule has 5 nitrogen and oxygen atoms in total. The number of aryl methyl sites for hydroxylation is 1. The number of amides is 1. The van der Waals surface area contributed by atoms with E-state index in [-0.39, 0.29) is 5.91 Å². The normalized spacial score (nSPS) is 11.4. The van der Waals surface area contributed by atoms with Crippen molar-refractivity contribution in [2.45, 2.75) is 26.9 Å². The summed E-state index contributed by atoms with van der Waals surface area (Å²) in [5.74, 6) is 2.65. The van der Waals surface area contributed by atoms with Gasteiger partial charge >= 0.3 is 0 Å². The van der Waals surface area contributed by atoms with Gasteiger partial charge in [-0.2, -0.15) is 0 Å². The van der Waals surface area contributed by atoms with Crippen LogP contribution in [0.3, 0.4) is 0 Å². The Morgan fingerprint density at radius 2 is 1.52 bits per heavy atom. The van der Waals surface area contributed by atoms with Crippen LogP contribution < -0.4 is 19.5 Å². The van der Waals surface area contributed by atoms with Gasteiger partial charge in [-0.25, -0.2) is 0 Å². The van der Waals surface area contributed by atoms with Crippen LogP contribution in [0.2, 0.25) is 0 Å². The molecule has 0 radical (unpaired) electrons. The fraction of sp³-hybridized carbons (Fsp3) is 0.208. The van der Waals surface area contributed by atoms with Gasteiger partial charge in [0.25, 0.3) is 5.91 Å². The molecule has 1 N–H and O–H groups in total. The predicted octanol–water partition coefficient (Wildman–Crippen LogP) is 5.59. The minimum absolute atomic E-state index is 0.216. The second-order valence-corrected chi connectivity index (χ2v) is 6.60. The lowest BCUT2D eigenvalue weighted by atomic mass is 10.2. The third-order valence-corrected chi connectivity index (χ3v) is 4.16. The average Bonchev–Trinajstić information content (AvgIpc) is 2.71. The smallest absolute Gasteiger partial charge is 0.265 e. The highest BCUT2D eigenvalue weighted by molar-refractivity contribution is 5.94. The van der Waals surface area contributed by atoms with E-state index in [0.717, 1.165) is 11.3 Å². The highest BCUT2D eigenvalue weighted by Gasteiger charge is 2.15. The van der Waals surface area contributed by atoms with Crippen molar-refractivity contribution < 1.29 is 19.0 Å². The summed E-state index contributed by atoms with van der Waals surface area (Å²) < 4.78 is 16.9. The van der Waals surface area contributed by atoms with E-state index in [9.17, 15) is 4.79 Å². The van der Waals surface area contributed by atoms with Crippen LogP contribution in [0.5, 0.6) is 23.0 Å². The van der Waals surface area contributed by atoms with Gasteiger partial charge in [-0.15, -0.1) is 0 Å². The molecule has 0 saturated heterocycles. The summed E-state index contributed by atoms with van der Waals surface area (Å²) in [4.78, 5) is 12.4. The fourth-order valence-corrected chi connectivity index (χ4v) is 2.70. The zero-order valence-electron chi connectivity index (χ0n) is 16.8. The van der Waals surface area contributed by atoms with Crippen LogP contribution in [-0.2, 0) is 4.79 Å². The van der Waals surface area contributed by atoms with E-state index < -0.39 is 6.10 Å². The number of hydrogen-bond donors (Lipinski definition) is 1. The predicted molar refractivity (Wildman–Crippen MR) is 114 cm³/mol. The minimum Gasteiger partial charge on any atom is -0.494 e. The summed E-state index contributed by atoms with van der Waals surface area (Å²) in [6.07, 6.45) is -0.614. The fourth-order valence-electron chi connectivity index (χ4n) is 2.70. The van der Waals surface area contributed by atoms with Crippen molar-refractivity contribution >= 4 is 11.6 Å². The van der Waals surface area contributed by atoms with Crippen molar-refractivity contribution in [2.75, 3.05) is 11.9 Å². The second kappa shape index (κ2) is 9.64. The van der Waals surface area contributed by atoms with Gasteiger partial charge in [0.1, 0.15) is 23.0 Å². The van der Waals surface area contributed by atoms with Crippen LogP contribution in [0.4, 0.5) is 5.69 Å². The second-order valence-electron chi connectivity index (χ2n) is 6.60. The summed E-state index contributed by atoms with van der Waals surface area (Å²) in [5.41, 5.74) is 1.76. The number of nitrogens with one attached hydrogen (secondary N) is 1. The first kappa shape index (κ1) is 20.3. The van der Waals surface area contributed by atoms with Crippen LogP contribution in [-0.4, -0.2) is 18.6 Å². The molecule has 0 saturated carbocycles. The highest BCUT2D eigenvalue weighted by atomic mass is 16.5. The van der Waals surface area contributed by atoms with E-state index in [1.807, 2.05) is 62.4 Å². The maximum Gasteiger partial charge on any atom is 0.265 e. The van der Waals surface area contributed by atoms with Gasteiger partial charge in [0.05, 0.1) is 6.61 Å². The Bertz CT molecular complexity index is 936. The number of ether oxygens (including phenoxy) is 3. The summed E-state index contributed by atoms with van der Waals surface area (Å²) in [6, 6.07) is 22.2. The van der Waals surface area contributed by atoms with Gasteiger partial charge in [-0.1, -0.05) is 12.1 Å². The van der Waals surface area contributed by atoms with Crippen LogP contribution in [0.25, 0.3) is 0 Å². The standard InChI is InChI=1S/C24H25NO4/c1-4-27-20-12-14-22(15-13-20)29-21-10-8-19(9-11-21)25-24(26)18(3)28-23-7-5-6-17(2)16-23/h5-16,18H,4H2,1-3H3,(H,25,26)/t18-/m1/s1. The molecular weight excluding hydrogens is 366 g/mol. The van der Waals surface area contributed by atoms with Crippen molar-refractivity contribution in [3.05, 3.63) is 78.4 Å². The van der Waals surface area contributed by atoms with Gasteiger partial charge < -0.3 is 19.5 Å². The molecule has 5 heteroatoms. The van der Waals surface area contributed by atoms with E-state index in [0.29, 0.717) is 29.5 Å². The zero-order chi connectivity index (χ0) is 20.6. The molecule has 0 bridgehead atoms. The minimum atomic E-state index is -0.614. The molecule has 150 valence electrons. The molecule has 0 aliphatic heterocycles. The van der Waals surface area contributed by atoms with E-state index in [1.165, 1.54) is 0 Å². The molecule has 3 rings (SSSR count). The third kappa shape index (κ3) is 6.01. The van der Waals surface area contributed by atoms with Crippen molar-refractivity contribution in [3.63, 3.8) is 0 Å². The summed E-state index contributed by atoms with van der Waals surface area (Å²) >= 11 is 0. The lowest BCUT2D eigenvalue weighted by molar-refractivity contribution is -0.122. The molecule has 3 aromatic carbocycles. The maximum atomic E-state index is 12.4. The molecule has 0 heterocycles. The largest absolute Gasteiger partial charge is 0.494 e. The molecule has 0 fully saturated rings. The zero-order valence-corrected chi connectivity index (χ0v) is 16.8. The van der Waals surface area contributed by atoms with Gasteiger partial charge in [0.2, 0.25) is 0 Å². The van der Waals surface area contributed by atoms with E-state index in [1.54, 1.807) is 31.2 Å². The number of benzene rings is 3. The van der Waals surface area contributed by atoms with Crippen molar-refractivity contribution in [2.24, 2.45) is 0 Å². The van der Waals surface area contributed by atoms with Gasteiger partial charge in [-0.3, -0.25) is 4.79 Å². The Morgan fingerprint density at radius 3 is 2.14 bits per heavy atom. The van der Waals surface area contributed by atoms with Crippen LogP contribution in [0.1, 0.15) is 19.4 Å².